The van der Waals surface area contributed by atoms with E-state index in [0.29, 0.717) is 78.6 Å². The number of likely N-dealkylation sites (N-methyl/N-ethyl adjacent to an activating group) is 3. The first-order valence-electron chi connectivity index (χ1n) is 26.2. The fourth-order valence-corrected chi connectivity index (χ4v) is 10.8. The zero-order chi connectivity index (χ0) is 54.8. The summed E-state index contributed by atoms with van der Waals surface area (Å²) in [4.78, 5) is 98.1. The zero-order valence-corrected chi connectivity index (χ0v) is 44.4. The molecular formula is C53H73ClF6N8O7. The number of pyridine rings is 1. The molecule has 2 aromatic rings. The van der Waals surface area contributed by atoms with E-state index in [1.165, 1.54) is 23.9 Å². The van der Waals surface area contributed by atoms with Gasteiger partial charge in [0.15, 0.2) is 0 Å². The Labute approximate surface area is 440 Å². The molecule has 4 fully saturated rings. The van der Waals surface area contributed by atoms with Crippen LogP contribution in [-0.4, -0.2) is 176 Å². The van der Waals surface area contributed by atoms with Gasteiger partial charge in [-0.15, -0.1) is 0 Å². The van der Waals surface area contributed by atoms with Crippen molar-refractivity contribution in [3.8, 4) is 11.3 Å². The molecule has 1 saturated carbocycles. The average molecular weight is 1080 g/mol. The summed E-state index contributed by atoms with van der Waals surface area (Å²) in [7, 11) is 4.60. The van der Waals surface area contributed by atoms with E-state index in [1.807, 2.05) is 32.0 Å². The number of ether oxygens (including phenoxy) is 1. The molecule has 416 valence electrons. The number of nitrogens with one attached hydrogen (secondary N) is 2. The molecule has 15 nitrogen and oxygen atoms in total. The molecule has 0 radical (unpaired) electrons. The first-order chi connectivity index (χ1) is 35.6. The first-order valence-corrected chi connectivity index (χ1v) is 26.6. The van der Waals surface area contributed by atoms with E-state index in [4.69, 9.17) is 21.3 Å². The van der Waals surface area contributed by atoms with Crippen LogP contribution >= 0.6 is 11.6 Å². The summed E-state index contributed by atoms with van der Waals surface area (Å²) in [6.07, 6.45) is -4.70. The fraction of sp³-hybridized carbons (Fsp3) is 0.679. The van der Waals surface area contributed by atoms with E-state index < -0.39 is 123 Å². The number of carbonyl (C=O) groups excluding carboxylic acids is 6. The van der Waals surface area contributed by atoms with Gasteiger partial charge in [0.2, 0.25) is 35.4 Å². The molecule has 6 amide bonds. The SMILES string of the molecule is CC(C)C[C@@H]1NC(=O)[C@@H](N(C)C(=O)[C@@H](NC(=O)[C@@H]2C[C@@H](F)CN2C(=O)C(CCF)(CCF)C(F)(F)F)C2CC2)CCCCCCCN(C)C(=O)[C@H](Cc2cc(Cl)ccc2-c2ccc(N3CCOCC3)cn2)N(C)C1=O. The summed E-state index contributed by atoms with van der Waals surface area (Å²) < 4.78 is 91.3. The number of anilines is 1. The minimum atomic E-state index is -5.43. The molecule has 6 atom stereocenters. The highest BCUT2D eigenvalue weighted by Crippen LogP contribution is 2.47. The van der Waals surface area contributed by atoms with Gasteiger partial charge in [0.1, 0.15) is 41.8 Å². The van der Waals surface area contributed by atoms with Crippen molar-refractivity contribution in [1.29, 1.82) is 0 Å². The summed E-state index contributed by atoms with van der Waals surface area (Å²) in [6, 6.07) is 2.60. The van der Waals surface area contributed by atoms with Crippen LogP contribution in [0.2, 0.25) is 5.02 Å². The Kier molecular flexibility index (Phi) is 20.7. The molecule has 4 aliphatic rings. The number of rotatable bonds is 16. The summed E-state index contributed by atoms with van der Waals surface area (Å²) in [6.45, 7) is 2.62. The van der Waals surface area contributed by atoms with Gasteiger partial charge < -0.3 is 39.9 Å². The van der Waals surface area contributed by atoms with Crippen molar-refractivity contribution >= 4 is 52.7 Å². The lowest BCUT2D eigenvalue weighted by Gasteiger charge is -2.38. The normalized spacial score (nSPS) is 23.6. The van der Waals surface area contributed by atoms with Gasteiger partial charge >= 0.3 is 6.18 Å². The van der Waals surface area contributed by atoms with Crippen LogP contribution in [0.1, 0.15) is 96.5 Å². The lowest BCUT2D eigenvalue weighted by Crippen LogP contribution is -2.61. The number of carbonyl (C=O) groups is 6. The molecular weight excluding hydrogens is 1010 g/mol. The number of aromatic nitrogens is 1. The summed E-state index contributed by atoms with van der Waals surface area (Å²) in [5, 5.41) is 5.89. The van der Waals surface area contributed by atoms with Crippen LogP contribution in [-0.2, 0) is 39.9 Å². The summed E-state index contributed by atoms with van der Waals surface area (Å²) in [5.41, 5.74) is -0.598. The molecule has 0 unspecified atom stereocenters. The molecule has 6 rings (SSSR count). The van der Waals surface area contributed by atoms with Crippen molar-refractivity contribution in [1.82, 2.24) is 35.2 Å². The highest BCUT2D eigenvalue weighted by Gasteiger charge is 2.62. The Bertz CT molecular complexity index is 2300. The molecule has 1 aromatic carbocycles. The van der Waals surface area contributed by atoms with Gasteiger partial charge in [-0.25, -0.2) is 4.39 Å². The lowest BCUT2D eigenvalue weighted by molar-refractivity contribution is -0.233. The Morgan fingerprint density at radius 1 is 0.920 bits per heavy atom. The number of likely N-dealkylation sites (tertiary alicyclic amines) is 1. The van der Waals surface area contributed by atoms with Crippen molar-refractivity contribution in [3.05, 3.63) is 47.1 Å². The Morgan fingerprint density at radius 2 is 1.59 bits per heavy atom. The quantitative estimate of drug-likeness (QED) is 0.171. The monoisotopic (exact) mass is 1080 g/mol. The predicted octanol–water partition coefficient (Wildman–Crippen LogP) is 6.88. The van der Waals surface area contributed by atoms with Gasteiger partial charge in [-0.05, 0) is 86.6 Å². The third kappa shape index (κ3) is 14.5. The largest absolute Gasteiger partial charge is 0.403 e. The smallest absolute Gasteiger partial charge is 0.378 e. The summed E-state index contributed by atoms with van der Waals surface area (Å²) in [5.74, 6) is -5.84. The number of benzene rings is 1. The van der Waals surface area contributed by atoms with Gasteiger partial charge in [0.25, 0.3) is 0 Å². The van der Waals surface area contributed by atoms with Crippen molar-refractivity contribution in [2.75, 3.05) is 78.8 Å². The van der Waals surface area contributed by atoms with Gasteiger partial charge in [0, 0.05) is 64.2 Å². The Balaban J connectivity index is 1.26. The van der Waals surface area contributed by atoms with Crippen molar-refractivity contribution in [2.24, 2.45) is 17.3 Å². The van der Waals surface area contributed by atoms with Crippen molar-refractivity contribution in [3.63, 3.8) is 0 Å². The standard InChI is InChI=1S/C53H73ClF6N8O7/c1-33(2)27-41-48(71)66(5)44(29-35-28-36(54)14-16-39(35)40-17-15-38(31-61-40)67-23-25-75-26-24-67)49(72)64(3)22-10-8-6-7-9-11-42(46(69)62-41)65(4)50(73)45(34-12-13-34)63-47(70)43-30-37(57)32-68(43)51(74)52(18-20-55,19-21-56)53(58,59)60/h14-17,28,31,33-34,37,41-45H,6-13,18-27,29-30,32H2,1-5H3,(H,62,69)(H,63,70)/t37-,41+,42+,43+,44+,45+/m1/s1. The second-order valence-electron chi connectivity index (χ2n) is 21.0. The zero-order valence-electron chi connectivity index (χ0n) is 43.6. The van der Waals surface area contributed by atoms with E-state index in [2.05, 4.69) is 15.5 Å². The lowest BCUT2D eigenvalue weighted by atomic mass is 9.79. The maximum absolute atomic E-state index is 15.1. The second kappa shape index (κ2) is 26.2. The predicted molar refractivity (Wildman–Crippen MR) is 271 cm³/mol. The minimum Gasteiger partial charge on any atom is -0.378 e. The molecule has 4 heterocycles. The number of halogens is 7. The van der Waals surface area contributed by atoms with Gasteiger partial charge in [-0.1, -0.05) is 57.2 Å². The van der Waals surface area contributed by atoms with Crippen LogP contribution in [0.4, 0.5) is 32.0 Å². The molecule has 2 N–H and O–H groups in total. The van der Waals surface area contributed by atoms with Crippen LogP contribution in [0.5, 0.6) is 0 Å². The minimum absolute atomic E-state index is 0.0435. The van der Waals surface area contributed by atoms with Gasteiger partial charge in [0.05, 0.1) is 50.7 Å². The van der Waals surface area contributed by atoms with Crippen LogP contribution in [0.3, 0.4) is 0 Å². The Hall–Kier alpha value is -5.18. The van der Waals surface area contributed by atoms with Gasteiger partial charge in [-0.2, -0.15) is 13.2 Å². The third-order valence-electron chi connectivity index (χ3n) is 15.2. The van der Waals surface area contributed by atoms with E-state index in [0.717, 1.165) is 31.6 Å². The van der Waals surface area contributed by atoms with E-state index in [9.17, 15) is 50.7 Å². The van der Waals surface area contributed by atoms with Crippen LogP contribution < -0.4 is 15.5 Å². The Morgan fingerprint density at radius 3 is 2.20 bits per heavy atom. The second-order valence-corrected chi connectivity index (χ2v) is 21.5. The number of nitrogens with zero attached hydrogens (tertiary/aromatic N) is 6. The fourth-order valence-electron chi connectivity index (χ4n) is 10.6. The molecule has 3 aliphatic heterocycles. The topological polar surface area (TPSA) is 165 Å². The highest BCUT2D eigenvalue weighted by molar-refractivity contribution is 6.30. The maximum Gasteiger partial charge on any atom is 0.403 e. The molecule has 3 saturated heterocycles. The number of hydrogen-bond acceptors (Lipinski definition) is 9. The number of morpholine rings is 1. The number of hydrogen-bond donors (Lipinski definition) is 2. The van der Waals surface area contributed by atoms with Crippen LogP contribution in [0.25, 0.3) is 11.3 Å². The summed E-state index contributed by atoms with van der Waals surface area (Å²) >= 11 is 6.62. The average Bonchev–Trinajstić information content (AvgIpc) is 4.15. The molecule has 22 heteroatoms. The van der Waals surface area contributed by atoms with Crippen LogP contribution in [0, 0.1) is 17.3 Å². The first kappa shape index (κ1) is 59.1. The number of alkyl halides is 6. The molecule has 1 aliphatic carbocycles. The van der Waals surface area contributed by atoms with Crippen LogP contribution in [0.15, 0.2) is 36.5 Å². The van der Waals surface area contributed by atoms with E-state index in [1.54, 1.807) is 30.3 Å². The molecule has 75 heavy (non-hydrogen) atoms. The van der Waals surface area contributed by atoms with E-state index >= 15 is 4.39 Å². The van der Waals surface area contributed by atoms with Crippen molar-refractivity contribution < 1.29 is 59.8 Å². The van der Waals surface area contributed by atoms with E-state index in [-0.39, 0.29) is 31.1 Å². The van der Waals surface area contributed by atoms with Gasteiger partial charge in [-0.3, -0.25) is 42.5 Å². The molecule has 0 spiro atoms. The molecule has 1 aromatic heterocycles. The highest BCUT2D eigenvalue weighted by atomic mass is 35.5. The maximum atomic E-state index is 15.1. The van der Waals surface area contributed by atoms with Crippen molar-refractivity contribution in [2.45, 2.75) is 140 Å². The third-order valence-corrected chi connectivity index (χ3v) is 15.5. The number of amides is 6. The molecule has 0 bridgehead atoms.